The predicted octanol–water partition coefficient (Wildman–Crippen LogP) is 1.19. The quantitative estimate of drug-likeness (QED) is 0.854. The minimum atomic E-state index is -0.957. The van der Waals surface area contributed by atoms with E-state index >= 15 is 0 Å². The number of methoxy groups -OCH3 is 1. The lowest BCUT2D eigenvalue weighted by Crippen LogP contribution is -2.41. The Morgan fingerprint density at radius 1 is 1.55 bits per heavy atom. The van der Waals surface area contributed by atoms with E-state index in [0.29, 0.717) is 13.0 Å². The van der Waals surface area contributed by atoms with Crippen molar-refractivity contribution in [2.45, 2.75) is 25.1 Å². The van der Waals surface area contributed by atoms with Gasteiger partial charge < -0.3 is 15.4 Å². The Bertz CT molecular complexity index is 482. The zero-order chi connectivity index (χ0) is 14.5. The molecule has 2 N–H and O–H groups in total. The van der Waals surface area contributed by atoms with Crippen molar-refractivity contribution in [2.75, 3.05) is 20.2 Å². The normalized spacial score (nSPS) is 21.8. The standard InChI is InChI=1S/C14H18F2N2O2/c1-20-13-3-2-9(6-11(13)16)4-5-17-14(19)12-7-10(15)8-18-12/h2-3,6,10,12,18H,4-5,7-8H2,1H3,(H,17,19)/t10-,12+/m0/s1. The minimum absolute atomic E-state index is 0.196. The van der Waals surface area contributed by atoms with Crippen molar-refractivity contribution in [2.24, 2.45) is 0 Å². The zero-order valence-electron chi connectivity index (χ0n) is 11.3. The molecule has 1 aliphatic heterocycles. The fourth-order valence-electron chi connectivity index (χ4n) is 2.21. The van der Waals surface area contributed by atoms with Crippen molar-refractivity contribution < 1.29 is 18.3 Å². The fraction of sp³-hybridized carbons (Fsp3) is 0.500. The molecule has 20 heavy (non-hydrogen) atoms. The lowest BCUT2D eigenvalue weighted by atomic mass is 10.1. The first-order chi connectivity index (χ1) is 9.60. The third-order valence-electron chi connectivity index (χ3n) is 3.32. The molecule has 2 atom stereocenters. The zero-order valence-corrected chi connectivity index (χ0v) is 11.3. The van der Waals surface area contributed by atoms with Crippen LogP contribution in [0.3, 0.4) is 0 Å². The average molecular weight is 284 g/mol. The van der Waals surface area contributed by atoms with Crippen molar-refractivity contribution in [3.63, 3.8) is 0 Å². The number of rotatable bonds is 5. The van der Waals surface area contributed by atoms with Crippen molar-refractivity contribution in [1.82, 2.24) is 10.6 Å². The Morgan fingerprint density at radius 3 is 2.95 bits per heavy atom. The molecule has 0 radical (unpaired) electrons. The maximum absolute atomic E-state index is 13.5. The van der Waals surface area contributed by atoms with E-state index in [-0.39, 0.29) is 24.6 Å². The van der Waals surface area contributed by atoms with Crippen LogP contribution in [0.1, 0.15) is 12.0 Å². The summed E-state index contributed by atoms with van der Waals surface area (Å²) in [5, 5.41) is 5.54. The Hall–Kier alpha value is -1.69. The molecule has 1 fully saturated rings. The van der Waals surface area contributed by atoms with Gasteiger partial charge in [0.05, 0.1) is 13.2 Å². The largest absolute Gasteiger partial charge is 0.494 e. The summed E-state index contributed by atoms with van der Waals surface area (Å²) in [5.41, 5.74) is 0.770. The van der Waals surface area contributed by atoms with Crippen LogP contribution in [0.5, 0.6) is 5.75 Å². The second kappa shape index (κ2) is 6.65. The molecule has 1 amide bonds. The molecule has 0 saturated carbocycles. The summed E-state index contributed by atoms with van der Waals surface area (Å²) >= 11 is 0. The molecule has 1 aromatic carbocycles. The van der Waals surface area contributed by atoms with Crippen LogP contribution in [0.4, 0.5) is 8.78 Å². The van der Waals surface area contributed by atoms with Crippen LogP contribution >= 0.6 is 0 Å². The number of hydrogen-bond donors (Lipinski definition) is 2. The first-order valence-electron chi connectivity index (χ1n) is 6.57. The van der Waals surface area contributed by atoms with Gasteiger partial charge in [-0.25, -0.2) is 8.78 Å². The lowest BCUT2D eigenvalue weighted by molar-refractivity contribution is -0.122. The summed E-state index contributed by atoms with van der Waals surface area (Å²) in [6.07, 6.45) is -0.233. The van der Waals surface area contributed by atoms with Gasteiger partial charge in [-0.05, 0) is 24.1 Å². The molecule has 1 aromatic rings. The molecule has 4 nitrogen and oxygen atoms in total. The van der Waals surface area contributed by atoms with Crippen LogP contribution in [0.25, 0.3) is 0 Å². The molecule has 6 heteroatoms. The van der Waals surface area contributed by atoms with Crippen LogP contribution < -0.4 is 15.4 Å². The van der Waals surface area contributed by atoms with E-state index in [1.165, 1.54) is 13.2 Å². The van der Waals surface area contributed by atoms with Crippen LogP contribution in [0, 0.1) is 5.82 Å². The topological polar surface area (TPSA) is 50.4 Å². The Labute approximate surface area is 116 Å². The highest BCUT2D eigenvalue weighted by Gasteiger charge is 2.28. The van der Waals surface area contributed by atoms with Gasteiger partial charge in [0.2, 0.25) is 5.91 Å². The highest BCUT2D eigenvalue weighted by Crippen LogP contribution is 2.17. The summed E-state index contributed by atoms with van der Waals surface area (Å²) in [6.45, 7) is 0.613. The summed E-state index contributed by atoms with van der Waals surface area (Å²) in [7, 11) is 1.41. The van der Waals surface area contributed by atoms with Crippen molar-refractivity contribution in [3.05, 3.63) is 29.6 Å². The fourth-order valence-corrected chi connectivity index (χ4v) is 2.21. The highest BCUT2D eigenvalue weighted by molar-refractivity contribution is 5.82. The molecule has 0 spiro atoms. The first kappa shape index (κ1) is 14.7. The van der Waals surface area contributed by atoms with E-state index in [9.17, 15) is 13.6 Å². The second-order valence-electron chi connectivity index (χ2n) is 4.80. The van der Waals surface area contributed by atoms with Crippen LogP contribution in [0.15, 0.2) is 18.2 Å². The first-order valence-corrected chi connectivity index (χ1v) is 6.57. The van der Waals surface area contributed by atoms with Gasteiger partial charge in [-0.1, -0.05) is 6.07 Å². The number of nitrogens with one attached hydrogen (secondary N) is 2. The van der Waals surface area contributed by atoms with E-state index < -0.39 is 18.0 Å². The third-order valence-corrected chi connectivity index (χ3v) is 3.32. The molecular weight excluding hydrogens is 266 g/mol. The maximum Gasteiger partial charge on any atom is 0.237 e. The molecule has 1 aliphatic rings. The summed E-state index contributed by atoms with van der Waals surface area (Å²) in [4.78, 5) is 11.7. The number of hydrogen-bond acceptors (Lipinski definition) is 3. The Balaban J connectivity index is 1.78. The molecule has 110 valence electrons. The van der Waals surface area contributed by atoms with Gasteiger partial charge in [-0.3, -0.25) is 4.79 Å². The molecule has 0 unspecified atom stereocenters. The number of carbonyl (C=O) groups excluding carboxylic acids is 1. The number of halogens is 2. The van der Waals surface area contributed by atoms with Gasteiger partial charge in [-0.15, -0.1) is 0 Å². The molecule has 2 rings (SSSR count). The SMILES string of the molecule is COc1ccc(CCNC(=O)[C@H]2C[C@H](F)CN2)cc1F. The van der Waals surface area contributed by atoms with Crippen LogP contribution in [0.2, 0.25) is 0 Å². The average Bonchev–Trinajstić information content (AvgIpc) is 2.85. The third kappa shape index (κ3) is 3.66. The molecule has 1 saturated heterocycles. The van der Waals surface area contributed by atoms with Crippen LogP contribution in [-0.4, -0.2) is 38.3 Å². The van der Waals surface area contributed by atoms with E-state index in [1.807, 2.05) is 0 Å². The smallest absolute Gasteiger partial charge is 0.237 e. The van der Waals surface area contributed by atoms with E-state index in [1.54, 1.807) is 12.1 Å². The molecule has 0 aliphatic carbocycles. The summed E-state index contributed by atoms with van der Waals surface area (Å²) in [6, 6.07) is 4.23. The van der Waals surface area contributed by atoms with Gasteiger partial charge in [0, 0.05) is 19.5 Å². The Morgan fingerprint density at radius 2 is 2.35 bits per heavy atom. The number of alkyl halides is 1. The van der Waals surface area contributed by atoms with Crippen molar-refractivity contribution in [3.8, 4) is 5.75 Å². The van der Waals surface area contributed by atoms with E-state index in [4.69, 9.17) is 4.74 Å². The summed E-state index contributed by atoms with van der Waals surface area (Å²) in [5.74, 6) is -0.435. The number of ether oxygens (including phenoxy) is 1. The predicted molar refractivity (Wildman–Crippen MR) is 71.0 cm³/mol. The van der Waals surface area contributed by atoms with Crippen LogP contribution in [-0.2, 0) is 11.2 Å². The van der Waals surface area contributed by atoms with Gasteiger partial charge in [0.1, 0.15) is 6.17 Å². The monoisotopic (exact) mass is 284 g/mol. The van der Waals surface area contributed by atoms with E-state index in [2.05, 4.69) is 10.6 Å². The molecular formula is C14H18F2N2O2. The van der Waals surface area contributed by atoms with Crippen molar-refractivity contribution in [1.29, 1.82) is 0 Å². The number of carbonyl (C=O) groups is 1. The van der Waals surface area contributed by atoms with Gasteiger partial charge in [0.15, 0.2) is 11.6 Å². The number of amides is 1. The minimum Gasteiger partial charge on any atom is -0.494 e. The number of benzene rings is 1. The molecule has 0 bridgehead atoms. The Kier molecular flexibility index (Phi) is 4.89. The highest BCUT2D eigenvalue weighted by atomic mass is 19.1. The maximum atomic E-state index is 13.5. The second-order valence-corrected chi connectivity index (χ2v) is 4.80. The van der Waals surface area contributed by atoms with Gasteiger partial charge in [0.25, 0.3) is 0 Å². The van der Waals surface area contributed by atoms with E-state index in [0.717, 1.165) is 5.56 Å². The van der Waals surface area contributed by atoms with Gasteiger partial charge >= 0.3 is 0 Å². The van der Waals surface area contributed by atoms with Crippen molar-refractivity contribution >= 4 is 5.91 Å². The molecule has 0 aromatic heterocycles. The van der Waals surface area contributed by atoms with Gasteiger partial charge in [-0.2, -0.15) is 0 Å². The molecule has 1 heterocycles. The lowest BCUT2D eigenvalue weighted by Gasteiger charge is -2.11. The summed E-state index contributed by atoms with van der Waals surface area (Å²) < 4.78 is 31.2.